The van der Waals surface area contributed by atoms with Crippen LogP contribution < -0.4 is 10.6 Å². The summed E-state index contributed by atoms with van der Waals surface area (Å²) >= 11 is 6.43. The minimum Gasteiger partial charge on any atom is -0.388 e. The van der Waals surface area contributed by atoms with Crippen molar-refractivity contribution in [2.24, 2.45) is 0 Å². The van der Waals surface area contributed by atoms with Crippen molar-refractivity contribution < 1.29 is 5.11 Å². The molecular formula is C15H16ClN5O. The fourth-order valence-electron chi connectivity index (χ4n) is 3.18. The van der Waals surface area contributed by atoms with E-state index in [2.05, 4.69) is 19.9 Å². The fraction of sp³-hybridized carbons (Fsp3) is 0.333. The lowest BCUT2D eigenvalue weighted by molar-refractivity contribution is 0.0839. The van der Waals surface area contributed by atoms with Gasteiger partial charge in [-0.05, 0) is 19.4 Å². The minimum absolute atomic E-state index is 0.452. The Hall–Kier alpha value is -2.05. The lowest BCUT2D eigenvalue weighted by Gasteiger charge is -2.22. The summed E-state index contributed by atoms with van der Waals surface area (Å²) in [7, 11) is 0. The number of aromatic nitrogens is 3. The van der Waals surface area contributed by atoms with E-state index in [4.69, 9.17) is 17.3 Å². The first-order chi connectivity index (χ1) is 10.4. The molecule has 4 heterocycles. The van der Waals surface area contributed by atoms with E-state index in [-0.39, 0.29) is 0 Å². The molecule has 7 heteroatoms. The van der Waals surface area contributed by atoms with Crippen LogP contribution >= 0.6 is 11.6 Å². The van der Waals surface area contributed by atoms with Crippen LogP contribution in [-0.4, -0.2) is 38.7 Å². The molecule has 1 atom stereocenters. The van der Waals surface area contributed by atoms with Crippen LogP contribution in [-0.2, 0) is 0 Å². The Morgan fingerprint density at radius 1 is 1.41 bits per heavy atom. The number of hydrogen-bond donors (Lipinski definition) is 3. The average molecular weight is 318 g/mol. The molecule has 6 nitrogen and oxygen atoms in total. The molecule has 0 spiro atoms. The van der Waals surface area contributed by atoms with Crippen LogP contribution in [0.5, 0.6) is 0 Å². The highest BCUT2D eigenvalue weighted by Gasteiger charge is 2.33. The Labute approximate surface area is 131 Å². The highest BCUT2D eigenvalue weighted by atomic mass is 35.5. The van der Waals surface area contributed by atoms with Crippen LogP contribution in [0.2, 0.25) is 5.02 Å². The fourth-order valence-corrected chi connectivity index (χ4v) is 3.44. The molecule has 4 N–H and O–H groups in total. The number of rotatable bonds is 1. The molecule has 114 valence electrons. The third-order valence-electron chi connectivity index (χ3n) is 4.22. The summed E-state index contributed by atoms with van der Waals surface area (Å²) in [6.45, 7) is 3.13. The molecule has 3 aromatic heterocycles. The molecule has 1 aliphatic rings. The molecule has 0 radical (unpaired) electrons. The largest absolute Gasteiger partial charge is 0.388 e. The Balaban J connectivity index is 2.02. The Morgan fingerprint density at radius 3 is 2.95 bits per heavy atom. The number of anilines is 2. The maximum atomic E-state index is 10.3. The standard InChI is InChI=1S/C15H16ClN5O/c1-15(22)2-3-21(7-15)13-9(16)5-19-14-12(13)8-4-11(17)18-6-10(8)20-14/h4-6,22H,2-3,7H2,1H3,(H2,17,18)(H,19,20)/t15-/m0/s1. The molecule has 0 amide bonds. The van der Waals surface area contributed by atoms with E-state index in [1.54, 1.807) is 12.4 Å². The van der Waals surface area contributed by atoms with Gasteiger partial charge in [-0.25, -0.2) is 9.97 Å². The van der Waals surface area contributed by atoms with Gasteiger partial charge in [-0.3, -0.25) is 0 Å². The maximum absolute atomic E-state index is 10.3. The van der Waals surface area contributed by atoms with E-state index in [9.17, 15) is 5.11 Å². The molecule has 0 aliphatic carbocycles. The summed E-state index contributed by atoms with van der Waals surface area (Å²) in [5.41, 5.74) is 7.62. The topological polar surface area (TPSA) is 91.1 Å². The monoisotopic (exact) mass is 317 g/mol. The molecule has 1 saturated heterocycles. The van der Waals surface area contributed by atoms with Crippen molar-refractivity contribution in [3.8, 4) is 0 Å². The summed E-state index contributed by atoms with van der Waals surface area (Å²) in [6.07, 6.45) is 4.04. The van der Waals surface area contributed by atoms with Crippen LogP contribution in [0.1, 0.15) is 13.3 Å². The average Bonchev–Trinajstić information content (AvgIpc) is 2.99. The third kappa shape index (κ3) is 1.99. The van der Waals surface area contributed by atoms with Gasteiger partial charge in [-0.2, -0.15) is 0 Å². The summed E-state index contributed by atoms with van der Waals surface area (Å²) in [6, 6.07) is 1.82. The zero-order valence-corrected chi connectivity index (χ0v) is 12.9. The number of nitrogens with two attached hydrogens (primary N) is 1. The first-order valence-corrected chi connectivity index (χ1v) is 7.51. The zero-order valence-electron chi connectivity index (χ0n) is 12.1. The van der Waals surface area contributed by atoms with Crippen LogP contribution in [0.4, 0.5) is 11.5 Å². The van der Waals surface area contributed by atoms with Crippen LogP contribution in [0.25, 0.3) is 21.9 Å². The van der Waals surface area contributed by atoms with Gasteiger partial charge in [0.25, 0.3) is 0 Å². The van der Waals surface area contributed by atoms with Gasteiger partial charge in [0.2, 0.25) is 0 Å². The lowest BCUT2D eigenvalue weighted by atomic mass is 10.1. The first kappa shape index (κ1) is 13.6. The van der Waals surface area contributed by atoms with Gasteiger partial charge in [0, 0.05) is 18.5 Å². The van der Waals surface area contributed by atoms with Gasteiger partial charge in [-0.15, -0.1) is 0 Å². The van der Waals surface area contributed by atoms with Crippen molar-refractivity contribution in [1.29, 1.82) is 0 Å². The van der Waals surface area contributed by atoms with Crippen molar-refractivity contribution >= 4 is 45.0 Å². The number of aromatic amines is 1. The number of H-pyrrole nitrogens is 1. The number of pyridine rings is 2. The van der Waals surface area contributed by atoms with Gasteiger partial charge in [0.15, 0.2) is 0 Å². The summed E-state index contributed by atoms with van der Waals surface area (Å²) in [5.74, 6) is 0.452. The van der Waals surface area contributed by atoms with Gasteiger partial charge >= 0.3 is 0 Å². The van der Waals surface area contributed by atoms with Crippen LogP contribution in [0.3, 0.4) is 0 Å². The van der Waals surface area contributed by atoms with E-state index in [0.717, 1.165) is 34.2 Å². The predicted octanol–water partition coefficient (Wildman–Crippen LogP) is 2.31. The quantitative estimate of drug-likeness (QED) is 0.640. The molecule has 0 unspecified atom stereocenters. The van der Waals surface area contributed by atoms with Crippen LogP contribution in [0.15, 0.2) is 18.5 Å². The molecule has 0 bridgehead atoms. The lowest BCUT2D eigenvalue weighted by Crippen LogP contribution is -2.29. The highest BCUT2D eigenvalue weighted by Crippen LogP contribution is 2.40. The zero-order chi connectivity index (χ0) is 15.5. The van der Waals surface area contributed by atoms with E-state index < -0.39 is 5.60 Å². The van der Waals surface area contributed by atoms with Crippen molar-refractivity contribution in [3.05, 3.63) is 23.5 Å². The molecular weight excluding hydrogens is 302 g/mol. The second-order valence-electron chi connectivity index (χ2n) is 6.13. The Bertz CT molecular complexity index is 888. The van der Waals surface area contributed by atoms with Gasteiger partial charge in [-0.1, -0.05) is 11.6 Å². The van der Waals surface area contributed by atoms with E-state index in [0.29, 0.717) is 23.8 Å². The normalized spacial score (nSPS) is 22.0. The Morgan fingerprint density at radius 2 is 2.23 bits per heavy atom. The number of nitrogens with zero attached hydrogens (tertiary/aromatic N) is 3. The molecule has 0 saturated carbocycles. The van der Waals surface area contributed by atoms with Gasteiger partial charge in [0.1, 0.15) is 11.5 Å². The summed E-state index contributed by atoms with van der Waals surface area (Å²) in [4.78, 5) is 13.8. The number of β-amino-alcohol motifs (C(OH)–C–C–N with tert-alkyl or cyclic N) is 1. The first-order valence-electron chi connectivity index (χ1n) is 7.13. The van der Waals surface area contributed by atoms with Gasteiger partial charge in [0.05, 0.1) is 39.6 Å². The van der Waals surface area contributed by atoms with Crippen molar-refractivity contribution in [2.45, 2.75) is 18.9 Å². The van der Waals surface area contributed by atoms with Crippen molar-refractivity contribution in [3.63, 3.8) is 0 Å². The minimum atomic E-state index is -0.703. The molecule has 4 rings (SSSR count). The van der Waals surface area contributed by atoms with E-state index in [1.807, 2.05) is 13.0 Å². The molecule has 1 fully saturated rings. The highest BCUT2D eigenvalue weighted by molar-refractivity contribution is 6.35. The number of nitrogens with one attached hydrogen (secondary N) is 1. The molecule has 1 aliphatic heterocycles. The van der Waals surface area contributed by atoms with E-state index >= 15 is 0 Å². The number of aliphatic hydroxyl groups is 1. The van der Waals surface area contributed by atoms with Crippen molar-refractivity contribution in [2.75, 3.05) is 23.7 Å². The number of hydrogen-bond acceptors (Lipinski definition) is 5. The third-order valence-corrected chi connectivity index (χ3v) is 4.50. The summed E-state index contributed by atoms with van der Waals surface area (Å²) in [5, 5.41) is 12.7. The smallest absolute Gasteiger partial charge is 0.140 e. The Kier molecular flexibility index (Phi) is 2.76. The van der Waals surface area contributed by atoms with Crippen molar-refractivity contribution in [1.82, 2.24) is 15.0 Å². The molecule has 0 aromatic carbocycles. The van der Waals surface area contributed by atoms with Gasteiger partial charge < -0.3 is 20.7 Å². The number of nitrogen functional groups attached to an aromatic ring is 1. The summed E-state index contributed by atoms with van der Waals surface area (Å²) < 4.78 is 0. The molecule has 22 heavy (non-hydrogen) atoms. The number of fused-ring (bicyclic) bond motifs is 3. The second-order valence-corrected chi connectivity index (χ2v) is 6.53. The van der Waals surface area contributed by atoms with E-state index in [1.165, 1.54) is 0 Å². The second kappa shape index (κ2) is 4.47. The predicted molar refractivity (Wildman–Crippen MR) is 88.3 cm³/mol. The molecule has 3 aromatic rings. The van der Waals surface area contributed by atoms with Crippen LogP contribution in [0, 0.1) is 0 Å². The SMILES string of the molecule is C[C@]1(O)CCN(c2c(Cl)cnc3[nH]c4cnc(N)cc4c23)C1. The number of halogens is 1. The maximum Gasteiger partial charge on any atom is 0.140 e.